The van der Waals surface area contributed by atoms with Crippen molar-refractivity contribution < 1.29 is 29.4 Å². The fourth-order valence-corrected chi connectivity index (χ4v) is 1.48. The van der Waals surface area contributed by atoms with Crippen molar-refractivity contribution in [3.63, 3.8) is 0 Å². The van der Waals surface area contributed by atoms with Gasteiger partial charge in [0.05, 0.1) is 11.1 Å². The van der Waals surface area contributed by atoms with Crippen LogP contribution in [0, 0.1) is 0 Å². The van der Waals surface area contributed by atoms with Gasteiger partial charge in [-0.25, -0.2) is 14.4 Å². The van der Waals surface area contributed by atoms with Crippen LogP contribution in [-0.4, -0.2) is 40.1 Å². The van der Waals surface area contributed by atoms with E-state index in [4.69, 9.17) is 15.9 Å². The number of benzene rings is 1. The molecule has 1 rings (SSSR count). The Morgan fingerprint density at radius 1 is 1.05 bits per heavy atom. The van der Waals surface area contributed by atoms with Gasteiger partial charge in [-0.3, -0.25) is 4.79 Å². The zero-order valence-corrected chi connectivity index (χ0v) is 10.9. The number of anilines is 1. The number of hydrogen-bond donors (Lipinski definition) is 5. The summed E-state index contributed by atoms with van der Waals surface area (Å²) in [4.78, 5) is 44.2. The molecule has 9 nitrogen and oxygen atoms in total. The number of urea groups is 1. The minimum atomic E-state index is -1.34. The van der Waals surface area contributed by atoms with E-state index in [9.17, 15) is 19.2 Å². The highest BCUT2D eigenvalue weighted by Crippen LogP contribution is 2.16. The van der Waals surface area contributed by atoms with Crippen LogP contribution in [0.1, 0.15) is 27.6 Å². The summed E-state index contributed by atoms with van der Waals surface area (Å²) in [6, 6.07) is 1.30. The molecule has 21 heavy (non-hydrogen) atoms. The van der Waals surface area contributed by atoms with Crippen molar-refractivity contribution in [3.05, 3.63) is 29.3 Å². The number of rotatable bonds is 5. The lowest BCUT2D eigenvalue weighted by Crippen LogP contribution is -2.44. The molecule has 112 valence electrons. The van der Waals surface area contributed by atoms with Crippen molar-refractivity contribution in [1.82, 2.24) is 5.32 Å². The molecule has 9 heteroatoms. The standard InChI is InChI=1S/C12H13N3O6/c1-5(14-12(13)21)9(16)15-8-3-6(10(17)18)2-7(4-8)11(19)20/h2-5H,1H3,(H,15,16)(H,17,18)(H,19,20)(H3,13,14,21). The van der Waals surface area contributed by atoms with E-state index in [0.717, 1.165) is 18.2 Å². The largest absolute Gasteiger partial charge is 0.478 e. The number of carbonyl (C=O) groups is 4. The van der Waals surface area contributed by atoms with Crippen LogP contribution < -0.4 is 16.4 Å². The van der Waals surface area contributed by atoms with E-state index in [1.54, 1.807) is 0 Å². The van der Waals surface area contributed by atoms with Gasteiger partial charge in [-0.2, -0.15) is 0 Å². The summed E-state index contributed by atoms with van der Waals surface area (Å²) >= 11 is 0. The second-order valence-electron chi connectivity index (χ2n) is 4.13. The van der Waals surface area contributed by atoms with E-state index in [1.165, 1.54) is 6.92 Å². The number of hydrogen-bond acceptors (Lipinski definition) is 4. The summed E-state index contributed by atoms with van der Waals surface area (Å²) in [7, 11) is 0. The molecular weight excluding hydrogens is 282 g/mol. The molecule has 0 fully saturated rings. The molecule has 1 aromatic rings. The Bertz CT molecular complexity index is 581. The number of carbonyl (C=O) groups excluding carboxylic acids is 2. The molecule has 0 aliphatic heterocycles. The Morgan fingerprint density at radius 3 is 1.90 bits per heavy atom. The van der Waals surface area contributed by atoms with Crippen LogP contribution in [0.2, 0.25) is 0 Å². The third-order valence-electron chi connectivity index (χ3n) is 2.45. The quantitative estimate of drug-likeness (QED) is 0.517. The molecule has 0 aliphatic rings. The monoisotopic (exact) mass is 295 g/mol. The number of primary amides is 1. The smallest absolute Gasteiger partial charge is 0.335 e. The molecule has 0 bridgehead atoms. The van der Waals surface area contributed by atoms with E-state index < -0.39 is 29.9 Å². The molecular formula is C12H13N3O6. The maximum absolute atomic E-state index is 11.7. The van der Waals surface area contributed by atoms with Gasteiger partial charge in [-0.05, 0) is 25.1 Å². The lowest BCUT2D eigenvalue weighted by molar-refractivity contribution is -0.117. The predicted octanol–water partition coefficient (Wildman–Crippen LogP) is 0.0783. The molecule has 0 saturated heterocycles. The van der Waals surface area contributed by atoms with Gasteiger partial charge in [0.25, 0.3) is 0 Å². The maximum atomic E-state index is 11.7. The summed E-state index contributed by atoms with van der Waals surface area (Å²) in [5, 5.41) is 22.2. The average molecular weight is 295 g/mol. The van der Waals surface area contributed by atoms with Crippen molar-refractivity contribution >= 4 is 29.6 Å². The highest BCUT2D eigenvalue weighted by atomic mass is 16.4. The Labute approximate surface area is 118 Å². The van der Waals surface area contributed by atoms with Crippen LogP contribution in [0.5, 0.6) is 0 Å². The fraction of sp³-hybridized carbons (Fsp3) is 0.167. The molecule has 0 radical (unpaired) electrons. The molecule has 6 N–H and O–H groups in total. The van der Waals surface area contributed by atoms with E-state index >= 15 is 0 Å². The SMILES string of the molecule is CC(NC(N)=O)C(=O)Nc1cc(C(=O)O)cc(C(=O)O)c1. The number of nitrogens with one attached hydrogen (secondary N) is 2. The van der Waals surface area contributed by atoms with Gasteiger partial charge in [0.15, 0.2) is 0 Å². The van der Waals surface area contributed by atoms with Crippen molar-refractivity contribution in [2.24, 2.45) is 5.73 Å². The van der Waals surface area contributed by atoms with Gasteiger partial charge in [0.2, 0.25) is 5.91 Å². The topological polar surface area (TPSA) is 159 Å². The number of amides is 3. The molecule has 1 atom stereocenters. The Kier molecular flexibility index (Phi) is 4.84. The summed E-state index contributed by atoms with van der Waals surface area (Å²) in [6.07, 6.45) is 0. The van der Waals surface area contributed by atoms with Crippen molar-refractivity contribution in [2.75, 3.05) is 5.32 Å². The van der Waals surface area contributed by atoms with E-state index in [1.807, 2.05) is 0 Å². The van der Waals surface area contributed by atoms with Gasteiger partial charge in [-0.1, -0.05) is 0 Å². The number of aromatic carboxylic acids is 2. The minimum absolute atomic E-state index is 0.0181. The van der Waals surface area contributed by atoms with Gasteiger partial charge in [-0.15, -0.1) is 0 Å². The molecule has 0 aliphatic carbocycles. The predicted molar refractivity (Wildman–Crippen MR) is 71.2 cm³/mol. The fourth-order valence-electron chi connectivity index (χ4n) is 1.48. The summed E-state index contributed by atoms with van der Waals surface area (Å²) in [5.41, 5.74) is 4.27. The molecule has 3 amide bonds. The lowest BCUT2D eigenvalue weighted by atomic mass is 10.1. The molecule has 0 aromatic heterocycles. The highest BCUT2D eigenvalue weighted by molar-refractivity contribution is 6.00. The third kappa shape index (κ3) is 4.49. The van der Waals surface area contributed by atoms with Crippen LogP contribution in [0.25, 0.3) is 0 Å². The van der Waals surface area contributed by atoms with Crippen LogP contribution >= 0.6 is 0 Å². The van der Waals surface area contributed by atoms with Gasteiger partial charge in [0, 0.05) is 5.69 Å². The summed E-state index contributed by atoms with van der Waals surface area (Å²) in [5.74, 6) is -3.35. The third-order valence-corrected chi connectivity index (χ3v) is 2.45. The Balaban J connectivity index is 3.02. The normalized spacial score (nSPS) is 11.3. The number of carboxylic acid groups (broad SMARTS) is 2. The first kappa shape index (κ1) is 16.0. The van der Waals surface area contributed by atoms with Crippen molar-refractivity contribution in [2.45, 2.75) is 13.0 Å². The van der Waals surface area contributed by atoms with Gasteiger partial charge >= 0.3 is 18.0 Å². The maximum Gasteiger partial charge on any atom is 0.335 e. The van der Waals surface area contributed by atoms with Gasteiger partial charge in [0.1, 0.15) is 6.04 Å². The number of nitrogens with two attached hydrogens (primary N) is 1. The highest BCUT2D eigenvalue weighted by Gasteiger charge is 2.17. The van der Waals surface area contributed by atoms with Crippen LogP contribution in [0.4, 0.5) is 10.5 Å². The average Bonchev–Trinajstić information content (AvgIpc) is 2.37. The number of carboxylic acids is 2. The second kappa shape index (κ2) is 6.37. The molecule has 0 saturated carbocycles. The zero-order chi connectivity index (χ0) is 16.2. The first-order valence-electron chi connectivity index (χ1n) is 5.69. The first-order chi connectivity index (χ1) is 9.70. The molecule has 1 unspecified atom stereocenters. The molecule has 1 aromatic carbocycles. The molecule has 0 spiro atoms. The zero-order valence-electron chi connectivity index (χ0n) is 10.9. The van der Waals surface area contributed by atoms with Crippen molar-refractivity contribution in [3.8, 4) is 0 Å². The summed E-state index contributed by atoms with van der Waals surface area (Å²) in [6.45, 7) is 1.36. The second-order valence-corrected chi connectivity index (χ2v) is 4.13. The lowest BCUT2D eigenvalue weighted by Gasteiger charge is -2.13. The first-order valence-corrected chi connectivity index (χ1v) is 5.69. The van der Waals surface area contributed by atoms with Crippen LogP contribution in [0.3, 0.4) is 0 Å². The Hall–Kier alpha value is -3.10. The van der Waals surface area contributed by atoms with E-state index in [-0.39, 0.29) is 16.8 Å². The van der Waals surface area contributed by atoms with E-state index in [2.05, 4.69) is 10.6 Å². The van der Waals surface area contributed by atoms with E-state index in [0.29, 0.717) is 0 Å². The minimum Gasteiger partial charge on any atom is -0.478 e. The molecule has 0 heterocycles. The Morgan fingerprint density at radius 2 is 1.52 bits per heavy atom. The summed E-state index contributed by atoms with van der Waals surface area (Å²) < 4.78 is 0. The van der Waals surface area contributed by atoms with Crippen LogP contribution in [-0.2, 0) is 4.79 Å². The van der Waals surface area contributed by atoms with Gasteiger partial charge < -0.3 is 26.6 Å². The van der Waals surface area contributed by atoms with Crippen LogP contribution in [0.15, 0.2) is 18.2 Å². The van der Waals surface area contributed by atoms with Crippen molar-refractivity contribution in [1.29, 1.82) is 0 Å².